The molecule has 4 heteroatoms. The Balaban J connectivity index is 1.49. The van der Waals surface area contributed by atoms with Crippen molar-refractivity contribution in [2.75, 3.05) is 18.0 Å². The van der Waals surface area contributed by atoms with Crippen LogP contribution in [-0.2, 0) is 12.8 Å². The van der Waals surface area contributed by atoms with E-state index in [9.17, 15) is 4.79 Å². The molecule has 1 saturated heterocycles. The summed E-state index contributed by atoms with van der Waals surface area (Å²) in [5.41, 5.74) is 3.99. The second-order valence-corrected chi connectivity index (χ2v) is 7.06. The molecule has 3 rings (SSSR count). The van der Waals surface area contributed by atoms with Crippen LogP contribution in [0.25, 0.3) is 0 Å². The van der Waals surface area contributed by atoms with Crippen LogP contribution >= 0.6 is 0 Å². The highest BCUT2D eigenvalue weighted by Crippen LogP contribution is 2.26. The Kier molecular flexibility index (Phi) is 6.16. The number of aryl methyl sites for hydroxylation is 1. The third-order valence-corrected chi connectivity index (χ3v) is 5.11. The minimum Gasteiger partial charge on any atom is -0.449 e. The van der Waals surface area contributed by atoms with Crippen molar-refractivity contribution in [3.63, 3.8) is 0 Å². The maximum atomic E-state index is 10.5. The molecule has 2 aromatic rings. The van der Waals surface area contributed by atoms with Crippen LogP contribution in [0.2, 0.25) is 0 Å². The lowest BCUT2D eigenvalue weighted by Crippen LogP contribution is -2.34. The summed E-state index contributed by atoms with van der Waals surface area (Å²) in [6.45, 7) is 4.40. The number of nitrogens with zero attached hydrogens (tertiary/aromatic N) is 1. The summed E-state index contributed by atoms with van der Waals surface area (Å²) >= 11 is 0. The Morgan fingerprint density at radius 2 is 1.65 bits per heavy atom. The van der Waals surface area contributed by atoms with Crippen molar-refractivity contribution < 1.29 is 14.6 Å². The Hall–Kier alpha value is -2.49. The van der Waals surface area contributed by atoms with E-state index in [1.165, 1.54) is 36.1 Å². The van der Waals surface area contributed by atoms with Gasteiger partial charge in [-0.15, -0.1) is 0 Å². The van der Waals surface area contributed by atoms with Gasteiger partial charge in [0.15, 0.2) is 0 Å². The van der Waals surface area contributed by atoms with Crippen LogP contribution in [0.3, 0.4) is 0 Å². The Bertz CT molecular complexity index is 701. The second kappa shape index (κ2) is 8.75. The number of anilines is 1. The summed E-state index contributed by atoms with van der Waals surface area (Å²) in [7, 11) is 0. The predicted molar refractivity (Wildman–Crippen MR) is 104 cm³/mol. The van der Waals surface area contributed by atoms with Crippen molar-refractivity contribution in [2.24, 2.45) is 5.92 Å². The van der Waals surface area contributed by atoms with Gasteiger partial charge in [-0.2, -0.15) is 0 Å². The van der Waals surface area contributed by atoms with Crippen molar-refractivity contribution in [2.45, 2.75) is 39.0 Å². The zero-order valence-corrected chi connectivity index (χ0v) is 15.4. The average Bonchev–Trinajstić information content (AvgIpc) is 2.65. The normalized spacial score (nSPS) is 15.0. The lowest BCUT2D eigenvalue weighted by atomic mass is 9.90. The number of hydrogen-bond acceptors (Lipinski definition) is 3. The molecule has 0 radical (unpaired) electrons. The molecule has 1 heterocycles. The standard InChI is InChI=1S/C22H27NO3/c1-2-3-17-4-8-20(9-5-17)23-14-12-19(13-15-23)16-18-6-10-21(11-7-18)26-22(24)25/h4-11,19H,2-3,12-16H2,1H3,(H,24,25). The van der Waals surface area contributed by atoms with Gasteiger partial charge in [-0.05, 0) is 67.0 Å². The lowest BCUT2D eigenvalue weighted by Gasteiger charge is -2.34. The van der Waals surface area contributed by atoms with Crippen molar-refractivity contribution >= 4 is 11.8 Å². The van der Waals surface area contributed by atoms with E-state index in [-0.39, 0.29) is 0 Å². The van der Waals surface area contributed by atoms with E-state index >= 15 is 0 Å². The first-order valence-corrected chi connectivity index (χ1v) is 9.47. The number of piperidine rings is 1. The van der Waals surface area contributed by atoms with E-state index in [1.807, 2.05) is 12.1 Å². The molecule has 1 N–H and O–H groups in total. The van der Waals surface area contributed by atoms with Crippen LogP contribution in [0, 0.1) is 5.92 Å². The highest BCUT2D eigenvalue weighted by molar-refractivity contribution is 5.61. The summed E-state index contributed by atoms with van der Waals surface area (Å²) in [6.07, 6.45) is 4.48. The van der Waals surface area contributed by atoms with E-state index in [2.05, 4.69) is 40.8 Å². The fraction of sp³-hybridized carbons (Fsp3) is 0.409. The second-order valence-electron chi connectivity index (χ2n) is 7.06. The number of benzene rings is 2. The molecule has 0 aromatic heterocycles. The maximum absolute atomic E-state index is 10.5. The lowest BCUT2D eigenvalue weighted by molar-refractivity contribution is 0.144. The third kappa shape index (κ3) is 5.01. The molecule has 0 unspecified atom stereocenters. The maximum Gasteiger partial charge on any atom is 0.511 e. The van der Waals surface area contributed by atoms with Gasteiger partial charge in [-0.3, -0.25) is 0 Å². The van der Waals surface area contributed by atoms with Gasteiger partial charge in [0.1, 0.15) is 5.75 Å². The number of carbonyl (C=O) groups is 1. The molecular formula is C22H27NO3. The zero-order chi connectivity index (χ0) is 18.4. The molecule has 138 valence electrons. The molecule has 0 atom stereocenters. The number of rotatable bonds is 6. The van der Waals surface area contributed by atoms with Crippen molar-refractivity contribution in [3.05, 3.63) is 59.7 Å². The van der Waals surface area contributed by atoms with E-state index in [4.69, 9.17) is 5.11 Å². The van der Waals surface area contributed by atoms with Gasteiger partial charge in [0.2, 0.25) is 0 Å². The van der Waals surface area contributed by atoms with Crippen molar-refractivity contribution in [1.29, 1.82) is 0 Å². The number of carboxylic acid groups (broad SMARTS) is 1. The van der Waals surface area contributed by atoms with Crippen LogP contribution < -0.4 is 9.64 Å². The van der Waals surface area contributed by atoms with Crippen molar-refractivity contribution in [1.82, 2.24) is 0 Å². The minimum absolute atomic E-state index is 0.377. The highest BCUT2D eigenvalue weighted by atomic mass is 16.7. The first kappa shape index (κ1) is 18.3. The van der Waals surface area contributed by atoms with Crippen molar-refractivity contribution in [3.8, 4) is 5.75 Å². The smallest absolute Gasteiger partial charge is 0.449 e. The minimum atomic E-state index is -1.27. The first-order valence-electron chi connectivity index (χ1n) is 9.47. The zero-order valence-electron chi connectivity index (χ0n) is 15.4. The van der Waals surface area contributed by atoms with Crippen LogP contribution in [-0.4, -0.2) is 24.4 Å². The molecular weight excluding hydrogens is 326 g/mol. The molecule has 1 aliphatic rings. The van der Waals surface area contributed by atoms with Crippen LogP contribution in [0.4, 0.5) is 10.5 Å². The SMILES string of the molecule is CCCc1ccc(N2CCC(Cc3ccc(OC(=O)O)cc3)CC2)cc1. The summed E-state index contributed by atoms with van der Waals surface area (Å²) in [5, 5.41) is 8.63. The van der Waals surface area contributed by atoms with Gasteiger partial charge in [0.25, 0.3) is 0 Å². The fourth-order valence-corrected chi connectivity index (χ4v) is 3.69. The summed E-state index contributed by atoms with van der Waals surface area (Å²) in [5.74, 6) is 1.06. The van der Waals surface area contributed by atoms with E-state index in [0.29, 0.717) is 11.7 Å². The monoisotopic (exact) mass is 353 g/mol. The molecule has 26 heavy (non-hydrogen) atoms. The molecule has 2 aromatic carbocycles. The quantitative estimate of drug-likeness (QED) is 0.576. The molecule has 1 aliphatic heterocycles. The Labute approximate surface area is 155 Å². The van der Waals surface area contributed by atoms with Gasteiger partial charge >= 0.3 is 6.16 Å². The number of hydrogen-bond donors (Lipinski definition) is 1. The van der Waals surface area contributed by atoms with Gasteiger partial charge in [-0.25, -0.2) is 4.79 Å². The predicted octanol–water partition coefficient (Wildman–Crippen LogP) is 5.16. The number of ether oxygens (including phenoxy) is 1. The fourth-order valence-electron chi connectivity index (χ4n) is 3.69. The average molecular weight is 353 g/mol. The molecule has 0 saturated carbocycles. The van der Waals surface area contributed by atoms with Gasteiger partial charge in [0, 0.05) is 18.8 Å². The van der Waals surface area contributed by atoms with Crippen LogP contribution in [0.15, 0.2) is 48.5 Å². The molecule has 0 aliphatic carbocycles. The van der Waals surface area contributed by atoms with Crippen LogP contribution in [0.5, 0.6) is 5.75 Å². The molecule has 0 bridgehead atoms. The Morgan fingerprint density at radius 3 is 2.23 bits per heavy atom. The summed E-state index contributed by atoms with van der Waals surface area (Å²) in [6, 6.07) is 16.4. The van der Waals surface area contributed by atoms with E-state index in [0.717, 1.165) is 25.9 Å². The first-order chi connectivity index (χ1) is 12.6. The van der Waals surface area contributed by atoms with Gasteiger partial charge in [-0.1, -0.05) is 37.6 Å². The molecule has 1 fully saturated rings. The van der Waals surface area contributed by atoms with E-state index in [1.54, 1.807) is 12.1 Å². The van der Waals surface area contributed by atoms with Gasteiger partial charge < -0.3 is 14.7 Å². The Morgan fingerprint density at radius 1 is 1.04 bits per heavy atom. The summed E-state index contributed by atoms with van der Waals surface area (Å²) in [4.78, 5) is 13.0. The molecule has 0 amide bonds. The van der Waals surface area contributed by atoms with E-state index < -0.39 is 6.16 Å². The molecule has 4 nitrogen and oxygen atoms in total. The third-order valence-electron chi connectivity index (χ3n) is 5.11. The topological polar surface area (TPSA) is 49.8 Å². The molecule has 0 spiro atoms. The van der Waals surface area contributed by atoms with Crippen LogP contribution in [0.1, 0.15) is 37.3 Å². The largest absolute Gasteiger partial charge is 0.511 e. The van der Waals surface area contributed by atoms with Gasteiger partial charge in [0.05, 0.1) is 0 Å². The summed E-state index contributed by atoms with van der Waals surface area (Å²) < 4.78 is 4.66. The highest BCUT2D eigenvalue weighted by Gasteiger charge is 2.19.